The molecule has 6 heteroatoms. The molecule has 1 atom stereocenters. The molecular weight excluding hydrogens is 319 g/mol. The molecule has 1 aromatic carbocycles. The van der Waals surface area contributed by atoms with E-state index in [0.717, 1.165) is 18.6 Å². The number of amides is 1. The highest BCUT2D eigenvalue weighted by atomic mass is 35.5. The lowest BCUT2D eigenvalue weighted by molar-refractivity contribution is 0.0726. The molecule has 1 saturated heterocycles. The quantitative estimate of drug-likeness (QED) is 0.825. The monoisotopic (exact) mass is 336 g/mol. The van der Waals surface area contributed by atoms with Gasteiger partial charge >= 0.3 is 0 Å². The van der Waals surface area contributed by atoms with E-state index in [0.29, 0.717) is 12.2 Å². The lowest BCUT2D eigenvalue weighted by Crippen LogP contribution is -2.31. The molecule has 0 bridgehead atoms. The van der Waals surface area contributed by atoms with Gasteiger partial charge < -0.3 is 9.42 Å². The number of carbonyl (C=O) groups excluding carboxylic acids is 1. The Kier molecular flexibility index (Phi) is 4.39. The van der Waals surface area contributed by atoms with Crippen molar-refractivity contribution in [3.8, 4) is 0 Å². The van der Waals surface area contributed by atoms with Crippen LogP contribution in [0.4, 0.5) is 4.39 Å². The van der Waals surface area contributed by atoms with Crippen molar-refractivity contribution in [3.63, 3.8) is 0 Å². The molecule has 0 radical (unpaired) electrons. The zero-order valence-electron chi connectivity index (χ0n) is 13.1. The minimum Gasteiger partial charge on any atom is -0.361 e. The third kappa shape index (κ3) is 2.98. The number of nitrogens with zero attached hydrogens (tertiary/aromatic N) is 2. The zero-order valence-corrected chi connectivity index (χ0v) is 13.8. The summed E-state index contributed by atoms with van der Waals surface area (Å²) in [5.41, 5.74) is 0.639. The summed E-state index contributed by atoms with van der Waals surface area (Å²) >= 11 is 6.02. The van der Waals surface area contributed by atoms with Gasteiger partial charge in [0, 0.05) is 18.5 Å². The van der Waals surface area contributed by atoms with E-state index < -0.39 is 11.7 Å². The molecule has 1 fully saturated rings. The fourth-order valence-corrected chi connectivity index (χ4v) is 3.14. The van der Waals surface area contributed by atoms with Crippen LogP contribution in [0.1, 0.15) is 60.5 Å². The molecule has 1 amide bonds. The minimum absolute atomic E-state index is 0.0753. The summed E-state index contributed by atoms with van der Waals surface area (Å²) in [7, 11) is 0. The van der Waals surface area contributed by atoms with E-state index in [1.54, 1.807) is 4.90 Å². The molecule has 0 N–H and O–H groups in total. The number of aromatic nitrogens is 1. The summed E-state index contributed by atoms with van der Waals surface area (Å²) in [6.45, 7) is 4.58. The van der Waals surface area contributed by atoms with Gasteiger partial charge in [0.2, 0.25) is 0 Å². The van der Waals surface area contributed by atoms with Gasteiger partial charge in [-0.3, -0.25) is 4.79 Å². The first kappa shape index (κ1) is 16.0. The van der Waals surface area contributed by atoms with Gasteiger partial charge in [-0.15, -0.1) is 0 Å². The van der Waals surface area contributed by atoms with Crippen molar-refractivity contribution in [2.75, 3.05) is 6.54 Å². The molecule has 0 spiro atoms. The van der Waals surface area contributed by atoms with Crippen molar-refractivity contribution in [1.29, 1.82) is 0 Å². The molecule has 1 aromatic heterocycles. The predicted molar refractivity (Wildman–Crippen MR) is 85.0 cm³/mol. The van der Waals surface area contributed by atoms with Gasteiger partial charge in [0.1, 0.15) is 17.3 Å². The second-order valence-electron chi connectivity index (χ2n) is 6.06. The Bertz CT molecular complexity index is 709. The number of halogens is 2. The molecule has 3 rings (SSSR count). The third-order valence-corrected chi connectivity index (χ3v) is 4.46. The summed E-state index contributed by atoms with van der Waals surface area (Å²) < 4.78 is 19.4. The topological polar surface area (TPSA) is 46.3 Å². The van der Waals surface area contributed by atoms with E-state index >= 15 is 0 Å². The van der Waals surface area contributed by atoms with Crippen molar-refractivity contribution >= 4 is 17.5 Å². The standard InChI is InChI=1S/C17H18ClFN2O2/c1-10(2)15-9-13(20-23-15)14-7-4-8-21(14)17(22)16-11(18)5-3-6-12(16)19/h3,5-6,9-10,14H,4,7-8H2,1-2H3/t14-/m1/s1. The van der Waals surface area contributed by atoms with Gasteiger partial charge in [0.05, 0.1) is 16.6 Å². The highest BCUT2D eigenvalue weighted by Gasteiger charge is 2.34. The van der Waals surface area contributed by atoms with Gasteiger partial charge in [-0.25, -0.2) is 4.39 Å². The van der Waals surface area contributed by atoms with Crippen molar-refractivity contribution in [2.24, 2.45) is 0 Å². The van der Waals surface area contributed by atoms with Crippen LogP contribution < -0.4 is 0 Å². The van der Waals surface area contributed by atoms with Crippen molar-refractivity contribution in [3.05, 3.63) is 52.1 Å². The minimum atomic E-state index is -0.601. The molecule has 2 heterocycles. The molecule has 122 valence electrons. The number of hydrogen-bond donors (Lipinski definition) is 0. The Balaban J connectivity index is 1.90. The van der Waals surface area contributed by atoms with Crippen LogP contribution in [0.5, 0.6) is 0 Å². The summed E-state index contributed by atoms with van der Waals surface area (Å²) in [6.07, 6.45) is 1.62. The van der Waals surface area contributed by atoms with E-state index in [2.05, 4.69) is 5.16 Å². The van der Waals surface area contributed by atoms with Gasteiger partial charge in [-0.05, 0) is 25.0 Å². The predicted octanol–water partition coefficient (Wildman–Crippen LogP) is 4.57. The van der Waals surface area contributed by atoms with Crippen molar-refractivity contribution in [1.82, 2.24) is 10.1 Å². The first-order valence-corrected chi connectivity index (χ1v) is 8.08. The Morgan fingerprint density at radius 1 is 1.48 bits per heavy atom. The molecule has 0 aliphatic carbocycles. The van der Waals surface area contributed by atoms with E-state index in [-0.39, 0.29) is 22.5 Å². The van der Waals surface area contributed by atoms with Gasteiger partial charge in [-0.2, -0.15) is 0 Å². The molecule has 4 nitrogen and oxygen atoms in total. The fraction of sp³-hybridized carbons (Fsp3) is 0.412. The lowest BCUT2D eigenvalue weighted by Gasteiger charge is -2.23. The van der Waals surface area contributed by atoms with Crippen LogP contribution in [0.15, 0.2) is 28.8 Å². The van der Waals surface area contributed by atoms with E-state index in [9.17, 15) is 9.18 Å². The first-order valence-electron chi connectivity index (χ1n) is 7.70. The zero-order chi connectivity index (χ0) is 16.6. The highest BCUT2D eigenvalue weighted by molar-refractivity contribution is 6.33. The second kappa shape index (κ2) is 6.32. The van der Waals surface area contributed by atoms with Crippen molar-refractivity contribution < 1.29 is 13.7 Å². The first-order chi connectivity index (χ1) is 11.0. The third-order valence-electron chi connectivity index (χ3n) is 4.15. The van der Waals surface area contributed by atoms with E-state index in [1.807, 2.05) is 19.9 Å². The van der Waals surface area contributed by atoms with Gasteiger partial charge in [-0.1, -0.05) is 36.7 Å². The van der Waals surface area contributed by atoms with Crippen LogP contribution >= 0.6 is 11.6 Å². The lowest BCUT2D eigenvalue weighted by atomic mass is 10.1. The molecule has 0 saturated carbocycles. The number of benzene rings is 1. The average molecular weight is 337 g/mol. The Hall–Kier alpha value is -1.88. The maximum atomic E-state index is 14.0. The fourth-order valence-electron chi connectivity index (χ4n) is 2.90. The van der Waals surface area contributed by atoms with E-state index in [4.69, 9.17) is 16.1 Å². The van der Waals surface area contributed by atoms with Crippen LogP contribution in [0, 0.1) is 5.82 Å². The summed E-state index contributed by atoms with van der Waals surface area (Å²) in [4.78, 5) is 14.4. The average Bonchev–Trinajstić information content (AvgIpc) is 3.15. The molecule has 0 unspecified atom stereocenters. The summed E-state index contributed by atoms with van der Waals surface area (Å²) in [5.74, 6) is 0.00640. The molecular formula is C17H18ClFN2O2. The maximum Gasteiger partial charge on any atom is 0.258 e. The van der Waals surface area contributed by atoms with Crippen LogP contribution in [-0.2, 0) is 0 Å². The SMILES string of the molecule is CC(C)c1cc([C@H]2CCCN2C(=O)c2c(F)cccc2Cl)no1. The molecule has 1 aliphatic rings. The van der Waals surface area contributed by atoms with Gasteiger partial charge in [0.25, 0.3) is 5.91 Å². The second-order valence-corrected chi connectivity index (χ2v) is 6.47. The molecule has 2 aromatic rings. The van der Waals surface area contributed by atoms with Gasteiger partial charge in [0.15, 0.2) is 0 Å². The van der Waals surface area contributed by atoms with Crippen LogP contribution in [-0.4, -0.2) is 22.5 Å². The summed E-state index contributed by atoms with van der Waals surface area (Å²) in [5, 5.41) is 4.22. The summed E-state index contributed by atoms with van der Waals surface area (Å²) in [6, 6.07) is 5.94. The number of likely N-dealkylation sites (tertiary alicyclic amines) is 1. The number of hydrogen-bond acceptors (Lipinski definition) is 3. The normalized spacial score (nSPS) is 18.0. The number of rotatable bonds is 3. The van der Waals surface area contributed by atoms with E-state index in [1.165, 1.54) is 18.2 Å². The van der Waals surface area contributed by atoms with Crippen molar-refractivity contribution in [2.45, 2.75) is 38.6 Å². The maximum absolute atomic E-state index is 14.0. The van der Waals surface area contributed by atoms with Crippen LogP contribution in [0.2, 0.25) is 5.02 Å². The Morgan fingerprint density at radius 2 is 2.26 bits per heavy atom. The molecule has 1 aliphatic heterocycles. The Morgan fingerprint density at radius 3 is 2.91 bits per heavy atom. The molecule has 23 heavy (non-hydrogen) atoms. The highest BCUT2D eigenvalue weighted by Crippen LogP contribution is 2.35. The number of carbonyl (C=O) groups is 1. The van der Waals surface area contributed by atoms with Crippen LogP contribution in [0.25, 0.3) is 0 Å². The smallest absolute Gasteiger partial charge is 0.258 e. The largest absolute Gasteiger partial charge is 0.361 e. The van der Waals surface area contributed by atoms with Crippen LogP contribution in [0.3, 0.4) is 0 Å². The Labute approximate surface area is 139 Å².